The first-order valence-corrected chi connectivity index (χ1v) is 13.1. The second-order valence-electron chi connectivity index (χ2n) is 7.99. The minimum atomic E-state index is -0.577. The second kappa shape index (κ2) is 8.97. The predicted octanol–water partition coefficient (Wildman–Crippen LogP) is 5.15. The molecule has 4 rings (SSSR count). The van der Waals surface area contributed by atoms with Crippen LogP contribution in [0.1, 0.15) is 68.2 Å². The fraction of sp³-hybridized carbons (Fsp3) is 0.700. The minimum absolute atomic E-state index is 0.198. The SMILES string of the molecule is CC[C@@H](O)C[C@H]1CCc2sc3ncnc(OC4CCC(N(C)I=N)CC4)c3c21. The zero-order valence-corrected chi connectivity index (χ0v) is 19.5. The molecule has 0 aromatic carbocycles. The Bertz CT molecular complexity index is 837. The normalized spacial score (nSPS) is 25.9. The summed E-state index contributed by atoms with van der Waals surface area (Å²) in [4.78, 5) is 11.5. The second-order valence-corrected chi connectivity index (χ2v) is 11.1. The lowest BCUT2D eigenvalue weighted by Gasteiger charge is -2.31. The number of aromatic nitrogens is 2. The molecule has 2 aliphatic rings. The van der Waals surface area contributed by atoms with Gasteiger partial charge in [-0.25, -0.2) is 13.1 Å². The molecule has 154 valence electrons. The number of nitrogens with one attached hydrogen (secondary N) is 1. The number of hydrogen-bond acceptors (Lipinski definition) is 6. The molecule has 0 spiro atoms. The highest BCUT2D eigenvalue weighted by Crippen LogP contribution is 2.48. The Kier molecular flexibility index (Phi) is 6.59. The molecule has 0 unspecified atom stereocenters. The monoisotopic (exact) mass is 516 g/mol. The Morgan fingerprint density at radius 1 is 1.32 bits per heavy atom. The van der Waals surface area contributed by atoms with Gasteiger partial charge >= 0.3 is 0 Å². The van der Waals surface area contributed by atoms with Crippen LogP contribution in [0.3, 0.4) is 0 Å². The fourth-order valence-corrected chi connectivity index (χ4v) is 6.79. The lowest BCUT2D eigenvalue weighted by molar-refractivity contribution is 0.127. The van der Waals surface area contributed by atoms with Crippen molar-refractivity contribution < 1.29 is 9.84 Å². The van der Waals surface area contributed by atoms with Gasteiger partial charge in [0.15, 0.2) is 0 Å². The Hall–Kier alpha value is -0.710. The van der Waals surface area contributed by atoms with Gasteiger partial charge in [-0.1, -0.05) is 6.92 Å². The molecule has 6 nitrogen and oxygen atoms in total. The van der Waals surface area contributed by atoms with Gasteiger partial charge in [-0.15, -0.1) is 11.3 Å². The van der Waals surface area contributed by atoms with Crippen molar-refractivity contribution in [1.82, 2.24) is 13.1 Å². The number of halogens is 1. The third-order valence-corrected chi connectivity index (χ3v) is 9.00. The zero-order chi connectivity index (χ0) is 19.7. The molecule has 2 aliphatic carbocycles. The molecule has 0 aliphatic heterocycles. The van der Waals surface area contributed by atoms with Gasteiger partial charge in [0.05, 0.1) is 32.8 Å². The average molecular weight is 516 g/mol. The zero-order valence-electron chi connectivity index (χ0n) is 16.5. The molecular weight excluding hydrogens is 487 g/mol. The van der Waals surface area contributed by atoms with Crippen LogP contribution in [0.2, 0.25) is 0 Å². The molecule has 0 radical (unpaired) electrons. The molecule has 1 saturated carbocycles. The van der Waals surface area contributed by atoms with Crippen molar-refractivity contribution in [2.75, 3.05) is 7.05 Å². The number of nitrogens with zero attached hydrogens (tertiary/aromatic N) is 3. The first-order valence-electron chi connectivity index (χ1n) is 10.2. The van der Waals surface area contributed by atoms with E-state index in [1.54, 1.807) is 17.7 Å². The van der Waals surface area contributed by atoms with Gasteiger partial charge < -0.3 is 9.84 Å². The summed E-state index contributed by atoms with van der Waals surface area (Å²) in [6.45, 7) is 2.04. The van der Waals surface area contributed by atoms with Crippen molar-refractivity contribution in [2.24, 2.45) is 0 Å². The van der Waals surface area contributed by atoms with Gasteiger partial charge in [-0.3, -0.25) is 3.56 Å². The molecule has 0 saturated heterocycles. The lowest BCUT2D eigenvalue weighted by Crippen LogP contribution is -2.33. The van der Waals surface area contributed by atoms with Crippen LogP contribution in [0.4, 0.5) is 0 Å². The largest absolute Gasteiger partial charge is 0.474 e. The van der Waals surface area contributed by atoms with Gasteiger partial charge in [-0.2, -0.15) is 0 Å². The number of fused-ring (bicyclic) bond motifs is 3. The van der Waals surface area contributed by atoms with E-state index in [0.717, 1.165) is 67.5 Å². The van der Waals surface area contributed by atoms with E-state index < -0.39 is 21.3 Å². The first-order chi connectivity index (χ1) is 13.6. The summed E-state index contributed by atoms with van der Waals surface area (Å²) in [5, 5.41) is 11.3. The highest BCUT2D eigenvalue weighted by Gasteiger charge is 2.32. The van der Waals surface area contributed by atoms with Crippen LogP contribution in [0.25, 0.3) is 10.2 Å². The highest BCUT2D eigenvalue weighted by atomic mass is 127. The van der Waals surface area contributed by atoms with Gasteiger partial charge in [0.25, 0.3) is 0 Å². The Morgan fingerprint density at radius 2 is 2.11 bits per heavy atom. The topological polar surface area (TPSA) is 82.3 Å². The molecular formula is C20H29IN4O2S. The first kappa shape index (κ1) is 20.6. The van der Waals surface area contributed by atoms with E-state index in [1.165, 1.54) is 10.4 Å². The summed E-state index contributed by atoms with van der Waals surface area (Å²) < 4.78 is 16.3. The van der Waals surface area contributed by atoms with Gasteiger partial charge in [0.2, 0.25) is 5.88 Å². The molecule has 2 aromatic heterocycles. The molecule has 2 aromatic rings. The average Bonchev–Trinajstić information content (AvgIpc) is 3.28. The quantitative estimate of drug-likeness (QED) is 0.393. The van der Waals surface area contributed by atoms with Crippen LogP contribution < -0.4 is 4.74 Å². The van der Waals surface area contributed by atoms with E-state index in [-0.39, 0.29) is 12.2 Å². The maximum atomic E-state index is 10.2. The van der Waals surface area contributed by atoms with Crippen LogP contribution in [-0.2, 0) is 6.42 Å². The van der Waals surface area contributed by atoms with Crippen molar-refractivity contribution >= 4 is 42.9 Å². The van der Waals surface area contributed by atoms with Crippen LogP contribution in [0.15, 0.2) is 6.33 Å². The number of aliphatic hydroxyl groups is 1. The maximum Gasteiger partial charge on any atom is 0.225 e. The Morgan fingerprint density at radius 3 is 2.82 bits per heavy atom. The minimum Gasteiger partial charge on any atom is -0.474 e. The predicted molar refractivity (Wildman–Crippen MR) is 121 cm³/mol. The molecule has 2 N–H and O–H groups in total. The Labute approximate surface area is 181 Å². The van der Waals surface area contributed by atoms with Crippen LogP contribution >= 0.6 is 32.6 Å². The van der Waals surface area contributed by atoms with E-state index in [0.29, 0.717) is 12.0 Å². The van der Waals surface area contributed by atoms with E-state index in [2.05, 4.69) is 20.1 Å². The summed E-state index contributed by atoms with van der Waals surface area (Å²) in [6.07, 6.45) is 9.62. The number of hydrogen-bond donors (Lipinski definition) is 2. The van der Waals surface area contributed by atoms with E-state index in [4.69, 9.17) is 8.30 Å². The summed E-state index contributed by atoms with van der Waals surface area (Å²) in [5.74, 6) is 1.13. The van der Waals surface area contributed by atoms with Crippen molar-refractivity contribution in [3.05, 3.63) is 16.8 Å². The summed E-state index contributed by atoms with van der Waals surface area (Å²) in [7, 11) is 2.08. The third kappa shape index (κ3) is 4.11. The number of rotatable bonds is 7. The van der Waals surface area contributed by atoms with Gasteiger partial charge in [0, 0.05) is 10.9 Å². The summed E-state index contributed by atoms with van der Waals surface area (Å²) in [6, 6.07) is 0.542. The molecule has 2 heterocycles. The standard InChI is InChI=1S/C20H29IN4O2S/c1-3-14(26)10-12-4-9-16-17(12)18-19(23-11-24-20(18)28-16)27-15-7-5-13(6-8-15)25(2)21-22/h11-15,22,26H,3-10H2,1-2H3/t12-,13?,14-,15?/m1/s1. The number of aryl methyl sites for hydroxylation is 1. The van der Waals surface area contributed by atoms with Crippen LogP contribution in [0, 0.1) is 3.56 Å². The molecule has 0 amide bonds. The maximum absolute atomic E-state index is 10.2. The Balaban J connectivity index is 1.55. The molecule has 0 bridgehead atoms. The molecule has 1 fully saturated rings. The third-order valence-electron chi connectivity index (χ3n) is 6.28. The molecule has 28 heavy (non-hydrogen) atoms. The lowest BCUT2D eigenvalue weighted by atomic mass is 9.92. The van der Waals surface area contributed by atoms with E-state index in [1.807, 2.05) is 6.92 Å². The van der Waals surface area contributed by atoms with Crippen molar-refractivity contribution in [3.63, 3.8) is 0 Å². The van der Waals surface area contributed by atoms with E-state index >= 15 is 0 Å². The number of thiophene rings is 1. The summed E-state index contributed by atoms with van der Waals surface area (Å²) in [5.41, 5.74) is 1.34. The van der Waals surface area contributed by atoms with Gasteiger partial charge in [-0.05, 0) is 69.9 Å². The van der Waals surface area contributed by atoms with Gasteiger partial charge in [0.1, 0.15) is 17.3 Å². The van der Waals surface area contributed by atoms with Crippen LogP contribution in [0.5, 0.6) is 5.88 Å². The molecule has 2 atom stereocenters. The highest BCUT2D eigenvalue weighted by molar-refractivity contribution is 14.1. The summed E-state index contributed by atoms with van der Waals surface area (Å²) >= 11 is 1.19. The fourth-order valence-electron chi connectivity index (χ4n) is 4.61. The van der Waals surface area contributed by atoms with Crippen molar-refractivity contribution in [2.45, 2.75) is 82.5 Å². The van der Waals surface area contributed by atoms with E-state index in [9.17, 15) is 5.11 Å². The van der Waals surface area contributed by atoms with Crippen molar-refractivity contribution in [1.29, 1.82) is 3.56 Å². The molecule has 8 heteroatoms. The number of aliphatic hydroxyl groups excluding tert-OH is 1. The smallest absolute Gasteiger partial charge is 0.225 e. The number of ether oxygens (including phenoxy) is 1. The van der Waals surface area contributed by atoms with Crippen LogP contribution in [-0.4, -0.2) is 43.5 Å². The van der Waals surface area contributed by atoms with Crippen molar-refractivity contribution in [3.8, 4) is 5.88 Å².